The van der Waals surface area contributed by atoms with Crippen LogP contribution in [0.2, 0.25) is 0 Å². The lowest BCUT2D eigenvalue weighted by Gasteiger charge is -2.09. The highest BCUT2D eigenvalue weighted by Gasteiger charge is 2.11. The number of rotatable bonds is 4. The molecule has 2 aromatic rings. The zero-order valence-electron chi connectivity index (χ0n) is 9.38. The summed E-state index contributed by atoms with van der Waals surface area (Å²) in [5.74, 6) is 0. The lowest BCUT2D eigenvalue weighted by Crippen LogP contribution is -2.05. The molecule has 0 saturated heterocycles. The van der Waals surface area contributed by atoms with Crippen LogP contribution in [-0.2, 0) is 16.4 Å². The van der Waals surface area contributed by atoms with Gasteiger partial charge in [-0.2, -0.15) is 11.3 Å². The Balaban J connectivity index is 2.22. The van der Waals surface area contributed by atoms with Crippen molar-refractivity contribution in [2.45, 2.75) is 11.4 Å². The highest BCUT2D eigenvalue weighted by Crippen LogP contribution is 2.21. The van der Waals surface area contributed by atoms with Crippen LogP contribution in [0.5, 0.6) is 0 Å². The Morgan fingerprint density at radius 2 is 2.00 bits per heavy atom. The Morgan fingerprint density at radius 3 is 2.65 bits per heavy atom. The highest BCUT2D eigenvalue weighted by atomic mass is 32.2. The van der Waals surface area contributed by atoms with Crippen LogP contribution in [0.1, 0.15) is 5.56 Å². The van der Waals surface area contributed by atoms with E-state index in [2.05, 4.69) is 5.32 Å². The molecule has 0 fully saturated rings. The van der Waals surface area contributed by atoms with Crippen LogP contribution < -0.4 is 5.32 Å². The fourth-order valence-corrected chi connectivity index (χ4v) is 3.06. The summed E-state index contributed by atoms with van der Waals surface area (Å²) in [5.41, 5.74) is 1.81. The number of hydrogen-bond acceptors (Lipinski definition) is 4. The van der Waals surface area contributed by atoms with Gasteiger partial charge in [0.15, 0.2) is 9.84 Å². The first kappa shape index (κ1) is 12.1. The molecule has 3 nitrogen and oxygen atoms in total. The summed E-state index contributed by atoms with van der Waals surface area (Å²) in [4.78, 5) is 0.343. The first-order valence-corrected chi connectivity index (χ1v) is 7.95. The maximum absolute atomic E-state index is 11.6. The zero-order chi connectivity index (χ0) is 12.3. The molecule has 0 spiro atoms. The summed E-state index contributed by atoms with van der Waals surface area (Å²) in [6.45, 7) is 0.635. The van der Waals surface area contributed by atoms with E-state index < -0.39 is 9.84 Å². The van der Waals surface area contributed by atoms with Crippen molar-refractivity contribution >= 4 is 26.9 Å². The summed E-state index contributed by atoms with van der Waals surface area (Å²) in [5, 5.41) is 7.19. The average Bonchev–Trinajstić information content (AvgIpc) is 2.78. The Kier molecular flexibility index (Phi) is 3.49. The molecular weight excluding hydrogens is 254 g/mol. The second-order valence-electron chi connectivity index (χ2n) is 3.75. The van der Waals surface area contributed by atoms with Gasteiger partial charge in [-0.25, -0.2) is 8.42 Å². The maximum Gasteiger partial charge on any atom is 0.177 e. The monoisotopic (exact) mass is 267 g/mol. The molecule has 0 bridgehead atoms. The molecule has 0 unspecified atom stereocenters. The first-order valence-electron chi connectivity index (χ1n) is 5.11. The molecule has 0 atom stereocenters. The summed E-state index contributed by atoms with van der Waals surface area (Å²) in [6.07, 6.45) is 1.22. The van der Waals surface area contributed by atoms with Crippen LogP contribution in [0.4, 0.5) is 5.69 Å². The van der Waals surface area contributed by atoms with Crippen molar-refractivity contribution in [2.75, 3.05) is 11.6 Å². The van der Waals surface area contributed by atoms with Crippen LogP contribution in [-0.4, -0.2) is 14.7 Å². The molecule has 0 aliphatic carbocycles. The van der Waals surface area contributed by atoms with Gasteiger partial charge in [-0.1, -0.05) is 12.1 Å². The molecule has 2 rings (SSSR count). The second-order valence-corrected chi connectivity index (χ2v) is 6.52. The van der Waals surface area contributed by atoms with Crippen molar-refractivity contribution in [2.24, 2.45) is 0 Å². The minimum absolute atomic E-state index is 0.343. The summed E-state index contributed by atoms with van der Waals surface area (Å²) >= 11 is 1.63. The van der Waals surface area contributed by atoms with E-state index in [0.29, 0.717) is 17.1 Å². The molecular formula is C12H13NO2S2. The summed E-state index contributed by atoms with van der Waals surface area (Å²) in [6, 6.07) is 8.96. The van der Waals surface area contributed by atoms with Crippen molar-refractivity contribution in [1.29, 1.82) is 0 Å². The van der Waals surface area contributed by atoms with Gasteiger partial charge in [-0.05, 0) is 34.5 Å². The lowest BCUT2D eigenvalue weighted by molar-refractivity contribution is 0.602. The van der Waals surface area contributed by atoms with Crippen LogP contribution in [0.25, 0.3) is 0 Å². The number of anilines is 1. The fraction of sp³-hybridized carbons (Fsp3) is 0.167. The van der Waals surface area contributed by atoms with Crippen molar-refractivity contribution in [3.8, 4) is 0 Å². The standard InChI is InChI=1S/C12H13NO2S2/c1-17(14,15)12-5-3-2-4-11(12)13-8-10-6-7-16-9-10/h2-7,9,13H,8H2,1H3. The summed E-state index contributed by atoms with van der Waals surface area (Å²) in [7, 11) is -3.18. The van der Waals surface area contributed by atoms with Crippen molar-refractivity contribution in [3.63, 3.8) is 0 Å². The largest absolute Gasteiger partial charge is 0.380 e. The van der Waals surface area contributed by atoms with Gasteiger partial charge < -0.3 is 5.32 Å². The van der Waals surface area contributed by atoms with E-state index >= 15 is 0 Å². The van der Waals surface area contributed by atoms with Crippen molar-refractivity contribution in [1.82, 2.24) is 0 Å². The molecule has 5 heteroatoms. The van der Waals surface area contributed by atoms with Gasteiger partial charge in [0.2, 0.25) is 0 Å². The summed E-state index contributed by atoms with van der Waals surface area (Å²) < 4.78 is 23.2. The van der Waals surface area contributed by atoms with E-state index in [-0.39, 0.29) is 0 Å². The third-order valence-corrected chi connectivity index (χ3v) is 4.24. The smallest absolute Gasteiger partial charge is 0.177 e. The predicted molar refractivity (Wildman–Crippen MR) is 71.2 cm³/mol. The Bertz CT molecular complexity index is 589. The topological polar surface area (TPSA) is 46.2 Å². The van der Waals surface area contributed by atoms with E-state index in [1.165, 1.54) is 6.26 Å². The third-order valence-electron chi connectivity index (χ3n) is 2.35. The van der Waals surface area contributed by atoms with Gasteiger partial charge in [0, 0.05) is 12.8 Å². The lowest BCUT2D eigenvalue weighted by atomic mass is 10.3. The number of hydrogen-bond donors (Lipinski definition) is 1. The van der Waals surface area contributed by atoms with Crippen LogP contribution in [0.3, 0.4) is 0 Å². The van der Waals surface area contributed by atoms with E-state index in [1.807, 2.05) is 22.9 Å². The van der Waals surface area contributed by atoms with E-state index in [1.54, 1.807) is 29.5 Å². The highest BCUT2D eigenvalue weighted by molar-refractivity contribution is 7.90. The number of para-hydroxylation sites is 1. The van der Waals surface area contributed by atoms with Crippen molar-refractivity contribution < 1.29 is 8.42 Å². The maximum atomic E-state index is 11.6. The number of benzene rings is 1. The van der Waals surface area contributed by atoms with Gasteiger partial charge in [0.05, 0.1) is 10.6 Å². The number of sulfone groups is 1. The van der Waals surface area contributed by atoms with Crippen molar-refractivity contribution in [3.05, 3.63) is 46.7 Å². The van der Waals surface area contributed by atoms with Gasteiger partial charge in [-0.15, -0.1) is 0 Å². The van der Waals surface area contributed by atoms with Crippen LogP contribution in [0.15, 0.2) is 46.0 Å². The Morgan fingerprint density at radius 1 is 1.24 bits per heavy atom. The van der Waals surface area contributed by atoms with E-state index in [0.717, 1.165) is 5.56 Å². The SMILES string of the molecule is CS(=O)(=O)c1ccccc1NCc1ccsc1. The van der Waals surface area contributed by atoms with Crippen LogP contribution in [0, 0.1) is 0 Å². The van der Waals surface area contributed by atoms with Crippen LogP contribution >= 0.6 is 11.3 Å². The molecule has 1 heterocycles. The average molecular weight is 267 g/mol. The molecule has 90 valence electrons. The number of nitrogens with one attached hydrogen (secondary N) is 1. The Labute approximate surface area is 105 Å². The first-order chi connectivity index (χ1) is 8.07. The van der Waals surface area contributed by atoms with E-state index in [4.69, 9.17) is 0 Å². The zero-order valence-corrected chi connectivity index (χ0v) is 11.0. The molecule has 1 aromatic heterocycles. The quantitative estimate of drug-likeness (QED) is 0.926. The molecule has 0 aliphatic rings. The normalized spacial score (nSPS) is 11.4. The van der Waals surface area contributed by atoms with Gasteiger partial charge >= 0.3 is 0 Å². The predicted octanol–water partition coefficient (Wildman–Crippen LogP) is 2.76. The van der Waals surface area contributed by atoms with E-state index in [9.17, 15) is 8.42 Å². The fourth-order valence-electron chi connectivity index (χ4n) is 1.53. The second kappa shape index (κ2) is 4.89. The molecule has 1 aromatic carbocycles. The molecule has 0 radical (unpaired) electrons. The molecule has 0 amide bonds. The minimum Gasteiger partial charge on any atom is -0.380 e. The Hall–Kier alpha value is -1.33. The van der Waals surface area contributed by atoms with Gasteiger partial charge in [-0.3, -0.25) is 0 Å². The third kappa shape index (κ3) is 3.08. The van der Waals surface area contributed by atoms with Gasteiger partial charge in [0.1, 0.15) is 0 Å². The van der Waals surface area contributed by atoms with Gasteiger partial charge in [0.25, 0.3) is 0 Å². The molecule has 17 heavy (non-hydrogen) atoms. The molecule has 0 aliphatic heterocycles. The minimum atomic E-state index is -3.18. The number of thiophene rings is 1. The molecule has 0 saturated carbocycles. The molecule has 1 N–H and O–H groups in total.